The summed E-state index contributed by atoms with van der Waals surface area (Å²) in [6.07, 6.45) is 0. The molecule has 0 aromatic heterocycles. The largest absolute Gasteiger partial charge is 0.493 e. The molecule has 1 aliphatic rings. The van der Waals surface area contributed by atoms with E-state index in [4.69, 9.17) is 18.9 Å². The Morgan fingerprint density at radius 2 is 1.89 bits per heavy atom. The average Bonchev–Trinajstić information content (AvgIpc) is 2.46. The summed E-state index contributed by atoms with van der Waals surface area (Å²) in [7, 11) is 4.81. The smallest absolute Gasteiger partial charge is 0.203 e. The summed E-state index contributed by atoms with van der Waals surface area (Å²) in [4.78, 5) is 0. The van der Waals surface area contributed by atoms with E-state index in [0.29, 0.717) is 37.0 Å². The lowest BCUT2D eigenvalue weighted by atomic mass is 10.0. The van der Waals surface area contributed by atoms with Crippen molar-refractivity contribution in [3.8, 4) is 17.2 Å². The van der Waals surface area contributed by atoms with Gasteiger partial charge < -0.3 is 18.9 Å². The van der Waals surface area contributed by atoms with E-state index in [1.165, 1.54) is 0 Å². The second-order valence-electron chi connectivity index (χ2n) is 3.92. The summed E-state index contributed by atoms with van der Waals surface area (Å²) in [5.41, 5.74) is 0.967. The van der Waals surface area contributed by atoms with Gasteiger partial charge in [-0.3, -0.25) is 0 Å². The molecule has 1 heterocycles. The number of methoxy groups -OCH3 is 3. The van der Waals surface area contributed by atoms with Crippen LogP contribution in [0.3, 0.4) is 0 Å². The van der Waals surface area contributed by atoms with Gasteiger partial charge in [0.2, 0.25) is 5.75 Å². The third-order valence-corrected chi connectivity index (χ3v) is 2.95. The maximum atomic E-state index is 5.44. The fraction of sp³-hybridized carbons (Fsp3) is 0.538. The minimum atomic E-state index is -0.00601. The number of morpholine rings is 1. The van der Waals surface area contributed by atoms with Gasteiger partial charge in [0.15, 0.2) is 11.5 Å². The van der Waals surface area contributed by atoms with Gasteiger partial charge >= 0.3 is 0 Å². The predicted octanol–water partition coefficient (Wildman–Crippen LogP) is 1.39. The molecule has 0 saturated carbocycles. The molecule has 1 radical (unpaired) electrons. The minimum absolute atomic E-state index is 0.00601. The first-order valence-corrected chi connectivity index (χ1v) is 5.85. The number of ether oxygens (including phenoxy) is 4. The van der Waals surface area contributed by atoms with Crippen molar-refractivity contribution in [2.75, 3.05) is 41.1 Å². The normalized spacial score (nSPS) is 19.4. The highest BCUT2D eigenvalue weighted by Crippen LogP contribution is 2.42. The van der Waals surface area contributed by atoms with Crippen molar-refractivity contribution < 1.29 is 18.9 Å². The quantitative estimate of drug-likeness (QED) is 0.812. The number of benzene rings is 1. The van der Waals surface area contributed by atoms with Gasteiger partial charge in [-0.1, -0.05) is 0 Å². The Morgan fingerprint density at radius 3 is 2.44 bits per heavy atom. The Hall–Kier alpha value is -1.46. The molecule has 1 saturated heterocycles. The number of hydrogen-bond acceptors (Lipinski definition) is 4. The van der Waals surface area contributed by atoms with Crippen LogP contribution in [0.15, 0.2) is 12.1 Å². The predicted molar refractivity (Wildman–Crippen MR) is 66.7 cm³/mol. The van der Waals surface area contributed by atoms with Crippen LogP contribution in [0.25, 0.3) is 0 Å². The van der Waals surface area contributed by atoms with Gasteiger partial charge in [-0.05, 0) is 12.1 Å². The van der Waals surface area contributed by atoms with Crippen LogP contribution in [0, 0.1) is 0 Å². The molecule has 0 amide bonds. The molecular weight excluding hydrogens is 234 g/mol. The molecule has 0 bridgehead atoms. The van der Waals surface area contributed by atoms with Crippen molar-refractivity contribution in [3.05, 3.63) is 17.7 Å². The zero-order valence-electron chi connectivity index (χ0n) is 10.9. The summed E-state index contributed by atoms with van der Waals surface area (Å²) in [5, 5.41) is 4.54. The highest BCUT2D eigenvalue weighted by Gasteiger charge is 2.24. The molecule has 18 heavy (non-hydrogen) atoms. The van der Waals surface area contributed by atoms with Crippen molar-refractivity contribution in [2.45, 2.75) is 6.04 Å². The molecule has 99 valence electrons. The Kier molecular flexibility index (Phi) is 4.28. The Balaban J connectivity index is 2.40. The highest BCUT2D eigenvalue weighted by molar-refractivity contribution is 5.56. The van der Waals surface area contributed by atoms with Gasteiger partial charge in [-0.2, -0.15) is 0 Å². The number of rotatable bonds is 4. The molecule has 0 N–H and O–H groups in total. The molecule has 1 atom stereocenters. The lowest BCUT2D eigenvalue weighted by Gasteiger charge is -2.25. The zero-order chi connectivity index (χ0) is 13.0. The first-order valence-electron chi connectivity index (χ1n) is 5.85. The van der Waals surface area contributed by atoms with Gasteiger partial charge in [0.1, 0.15) is 0 Å². The standard InChI is InChI=1S/C13H18NO4/c1-15-11-5-4-9(10-8-18-7-6-14-10)12(16-2)13(11)17-3/h4-5,10H,6-8H2,1-3H3. The lowest BCUT2D eigenvalue weighted by Crippen LogP contribution is -2.29. The fourth-order valence-corrected chi connectivity index (χ4v) is 2.10. The van der Waals surface area contributed by atoms with Gasteiger partial charge in [0, 0.05) is 12.1 Å². The summed E-state index contributed by atoms with van der Waals surface area (Å²) >= 11 is 0. The molecular formula is C13H18NO4. The molecule has 1 aromatic rings. The van der Waals surface area contributed by atoms with Crippen molar-refractivity contribution in [2.24, 2.45) is 0 Å². The third-order valence-electron chi connectivity index (χ3n) is 2.95. The monoisotopic (exact) mass is 252 g/mol. The van der Waals surface area contributed by atoms with E-state index < -0.39 is 0 Å². The van der Waals surface area contributed by atoms with Gasteiger partial charge in [0.25, 0.3) is 0 Å². The first kappa shape index (κ1) is 13.0. The molecule has 1 fully saturated rings. The van der Waals surface area contributed by atoms with Crippen LogP contribution in [0.1, 0.15) is 11.6 Å². The summed E-state index contributed by atoms with van der Waals surface area (Å²) in [6.45, 7) is 1.97. The van der Waals surface area contributed by atoms with E-state index in [2.05, 4.69) is 5.32 Å². The summed E-state index contributed by atoms with van der Waals surface area (Å²) in [5.74, 6) is 1.91. The van der Waals surface area contributed by atoms with Crippen LogP contribution >= 0.6 is 0 Å². The molecule has 1 unspecified atom stereocenters. The average molecular weight is 252 g/mol. The Bertz CT molecular complexity index is 402. The lowest BCUT2D eigenvalue weighted by molar-refractivity contribution is 0.0735. The SMILES string of the molecule is COc1ccc(C2COCC[N]2)c(OC)c1OC. The van der Waals surface area contributed by atoms with Crippen LogP contribution in [0.5, 0.6) is 17.2 Å². The second kappa shape index (κ2) is 5.93. The van der Waals surface area contributed by atoms with Crippen molar-refractivity contribution >= 4 is 0 Å². The zero-order valence-corrected chi connectivity index (χ0v) is 10.9. The van der Waals surface area contributed by atoms with Crippen LogP contribution in [-0.4, -0.2) is 41.1 Å². The van der Waals surface area contributed by atoms with E-state index in [9.17, 15) is 0 Å². The van der Waals surface area contributed by atoms with Crippen molar-refractivity contribution in [1.29, 1.82) is 0 Å². The van der Waals surface area contributed by atoms with Crippen molar-refractivity contribution in [1.82, 2.24) is 5.32 Å². The van der Waals surface area contributed by atoms with E-state index in [-0.39, 0.29) is 6.04 Å². The van der Waals surface area contributed by atoms with Crippen LogP contribution in [0.2, 0.25) is 0 Å². The van der Waals surface area contributed by atoms with E-state index in [1.807, 2.05) is 12.1 Å². The molecule has 0 aliphatic carbocycles. The fourth-order valence-electron chi connectivity index (χ4n) is 2.10. The molecule has 5 heteroatoms. The second-order valence-corrected chi connectivity index (χ2v) is 3.92. The number of nitrogens with zero attached hydrogens (tertiary/aromatic N) is 1. The van der Waals surface area contributed by atoms with Gasteiger partial charge in [-0.15, -0.1) is 0 Å². The van der Waals surface area contributed by atoms with Crippen molar-refractivity contribution in [3.63, 3.8) is 0 Å². The van der Waals surface area contributed by atoms with Crippen LogP contribution < -0.4 is 19.5 Å². The Morgan fingerprint density at radius 1 is 1.11 bits per heavy atom. The van der Waals surface area contributed by atoms with Gasteiger partial charge in [0.05, 0.1) is 40.6 Å². The molecule has 1 aliphatic heterocycles. The topological polar surface area (TPSA) is 51.0 Å². The maximum Gasteiger partial charge on any atom is 0.203 e. The van der Waals surface area contributed by atoms with E-state index in [1.54, 1.807) is 21.3 Å². The third kappa shape index (κ3) is 2.37. The summed E-state index contributed by atoms with van der Waals surface area (Å²) < 4.78 is 21.5. The highest BCUT2D eigenvalue weighted by atomic mass is 16.5. The maximum absolute atomic E-state index is 5.44. The van der Waals surface area contributed by atoms with E-state index in [0.717, 1.165) is 5.56 Å². The van der Waals surface area contributed by atoms with Crippen LogP contribution in [-0.2, 0) is 4.74 Å². The molecule has 2 rings (SSSR count). The minimum Gasteiger partial charge on any atom is -0.493 e. The molecule has 0 spiro atoms. The molecule has 1 aromatic carbocycles. The van der Waals surface area contributed by atoms with Gasteiger partial charge in [-0.25, -0.2) is 5.32 Å². The Labute approximate surface area is 107 Å². The number of hydrogen-bond donors (Lipinski definition) is 0. The first-order chi connectivity index (χ1) is 8.81. The molecule has 5 nitrogen and oxygen atoms in total. The van der Waals surface area contributed by atoms with E-state index >= 15 is 0 Å². The van der Waals surface area contributed by atoms with Crippen LogP contribution in [0.4, 0.5) is 0 Å². The summed E-state index contributed by atoms with van der Waals surface area (Å²) in [6, 6.07) is 3.80.